The van der Waals surface area contributed by atoms with Crippen molar-refractivity contribution in [3.05, 3.63) is 59.8 Å². The summed E-state index contributed by atoms with van der Waals surface area (Å²) in [6.45, 7) is 0.416. The molecule has 0 saturated carbocycles. The Balaban J connectivity index is 1.71. The highest BCUT2D eigenvalue weighted by Crippen LogP contribution is 2.38. The third-order valence-electron chi connectivity index (χ3n) is 6.31. The summed E-state index contributed by atoms with van der Waals surface area (Å²) in [6.07, 6.45) is 0.995. The number of para-hydroxylation sites is 2. The van der Waals surface area contributed by atoms with E-state index in [1.54, 1.807) is 42.9 Å². The quantitative estimate of drug-likeness (QED) is 0.0604. The molecule has 5 N–H and O–H groups in total. The van der Waals surface area contributed by atoms with Crippen LogP contribution in [0.5, 0.6) is 5.75 Å². The molecule has 0 aliphatic carbocycles. The number of hydroxylamine groups is 1. The molecule has 0 unspecified atom stereocenters. The number of unbranched alkanes of at least 4 members (excludes halogenated alkanes) is 3. The molecule has 0 aliphatic rings. The predicted molar refractivity (Wildman–Crippen MR) is 160 cm³/mol. The molecular weight excluding hydrogens is 587 g/mol. The largest absolute Gasteiger partial charge is 0.496 e. The Kier molecular flexibility index (Phi) is 12.3. The zero-order valence-electron chi connectivity index (χ0n) is 23.9. The first kappa shape index (κ1) is 33.3. The number of aromatic nitrogens is 2. The van der Waals surface area contributed by atoms with E-state index in [1.165, 1.54) is 31.2 Å². The Hall–Kier alpha value is -4.24. The Morgan fingerprint density at radius 1 is 1.07 bits per heavy atom. The van der Waals surface area contributed by atoms with Gasteiger partial charge >= 0.3 is 6.18 Å². The van der Waals surface area contributed by atoms with E-state index in [2.05, 4.69) is 25.9 Å². The maximum Gasteiger partial charge on any atom is 0.421 e. The first-order valence-corrected chi connectivity index (χ1v) is 14.5. The minimum Gasteiger partial charge on any atom is -0.496 e. The number of rotatable bonds is 15. The molecule has 43 heavy (non-hydrogen) atoms. The van der Waals surface area contributed by atoms with Crippen LogP contribution in [0, 0.1) is 0 Å². The fourth-order valence-electron chi connectivity index (χ4n) is 4.03. The van der Waals surface area contributed by atoms with Gasteiger partial charge in [-0.15, -0.1) is 0 Å². The van der Waals surface area contributed by atoms with E-state index in [0.717, 1.165) is 12.8 Å². The maximum absolute atomic E-state index is 13.8. The third-order valence-corrected chi connectivity index (χ3v) is 7.05. The number of nitrogens with one attached hydrogen (secondary N) is 4. The highest BCUT2D eigenvalue weighted by atomic mass is 32.2. The van der Waals surface area contributed by atoms with Gasteiger partial charge in [-0.1, -0.05) is 36.9 Å². The fourth-order valence-corrected chi connectivity index (χ4v) is 4.38. The SMILES string of the molecule is COc1cc(Nc2ncc(C(F)(F)F)c(Nc3ccccc3N(C)SC)n2)ccc1C(=O)NCCCCCCC(=O)NO. The van der Waals surface area contributed by atoms with Gasteiger partial charge in [-0.25, -0.2) is 10.5 Å². The van der Waals surface area contributed by atoms with Crippen molar-refractivity contribution in [2.24, 2.45) is 0 Å². The third kappa shape index (κ3) is 9.64. The predicted octanol–water partition coefficient (Wildman–Crippen LogP) is 5.89. The number of hydrogen-bond acceptors (Lipinski definition) is 10. The lowest BCUT2D eigenvalue weighted by Gasteiger charge is -2.21. The Morgan fingerprint density at radius 2 is 1.81 bits per heavy atom. The van der Waals surface area contributed by atoms with Crippen LogP contribution in [0.25, 0.3) is 0 Å². The van der Waals surface area contributed by atoms with Gasteiger partial charge in [0, 0.05) is 44.2 Å². The fraction of sp³-hybridized carbons (Fsp3) is 0.357. The molecule has 0 radical (unpaired) electrons. The van der Waals surface area contributed by atoms with Gasteiger partial charge in [0.05, 0.1) is 24.0 Å². The average Bonchev–Trinajstić information content (AvgIpc) is 2.99. The molecule has 232 valence electrons. The normalized spacial score (nSPS) is 11.0. The number of halogens is 3. The van der Waals surface area contributed by atoms with E-state index in [-0.39, 0.29) is 29.6 Å². The van der Waals surface area contributed by atoms with Crippen LogP contribution < -0.4 is 30.5 Å². The van der Waals surface area contributed by atoms with Crippen LogP contribution in [0.4, 0.5) is 42.0 Å². The van der Waals surface area contributed by atoms with Crippen LogP contribution in [0.3, 0.4) is 0 Å². The molecule has 2 aromatic carbocycles. The molecule has 2 amide bonds. The number of carbonyl (C=O) groups is 2. The van der Waals surface area contributed by atoms with Crippen molar-refractivity contribution in [1.29, 1.82) is 0 Å². The van der Waals surface area contributed by atoms with E-state index in [1.807, 2.05) is 10.6 Å². The van der Waals surface area contributed by atoms with Crippen molar-refractivity contribution in [2.45, 2.75) is 38.3 Å². The van der Waals surface area contributed by atoms with Crippen LogP contribution in [-0.4, -0.2) is 53.9 Å². The first-order chi connectivity index (χ1) is 20.6. The summed E-state index contributed by atoms with van der Waals surface area (Å²) in [6, 6.07) is 11.6. The molecule has 0 bridgehead atoms. The van der Waals surface area contributed by atoms with Gasteiger partial charge in [0.25, 0.3) is 5.91 Å². The average molecular weight is 622 g/mol. The zero-order valence-corrected chi connectivity index (χ0v) is 24.7. The molecule has 0 atom stereocenters. The number of amides is 2. The standard InChI is InChI=1S/C28H34F3N7O4S/c1-38(43-3)22-11-8-7-10-21(22)35-25-20(28(29,30)31)17-33-27(36-25)34-18-13-14-19(23(16-18)42-2)26(40)32-15-9-5-4-6-12-24(39)37-41/h7-8,10-11,13-14,16-17,41H,4-6,9,12,15H2,1-3H3,(H,32,40)(H,37,39)(H2,33,34,35,36). The molecule has 11 nitrogen and oxygen atoms in total. The Labute approximate surface area is 251 Å². The second kappa shape index (κ2) is 15.8. The maximum atomic E-state index is 13.8. The summed E-state index contributed by atoms with van der Waals surface area (Å²) in [4.78, 5) is 31.7. The summed E-state index contributed by atoms with van der Waals surface area (Å²) in [7, 11) is 3.20. The van der Waals surface area contributed by atoms with Crippen molar-refractivity contribution < 1.29 is 32.7 Å². The summed E-state index contributed by atoms with van der Waals surface area (Å²) in [5.74, 6) is -1.06. The number of ether oxygens (including phenoxy) is 1. The summed E-state index contributed by atoms with van der Waals surface area (Å²) in [5.41, 5.74) is 2.33. The van der Waals surface area contributed by atoms with Gasteiger partial charge in [0.2, 0.25) is 11.9 Å². The highest BCUT2D eigenvalue weighted by molar-refractivity contribution is 7.99. The lowest BCUT2D eigenvalue weighted by Crippen LogP contribution is -2.25. The minimum atomic E-state index is -4.70. The number of alkyl halides is 3. The number of methoxy groups -OCH3 is 1. The van der Waals surface area contributed by atoms with E-state index in [4.69, 9.17) is 9.94 Å². The van der Waals surface area contributed by atoms with Crippen LogP contribution in [0.15, 0.2) is 48.7 Å². The van der Waals surface area contributed by atoms with E-state index in [0.29, 0.717) is 42.6 Å². The van der Waals surface area contributed by atoms with Crippen molar-refractivity contribution in [3.63, 3.8) is 0 Å². The van der Waals surface area contributed by atoms with Gasteiger partial charge in [-0.2, -0.15) is 18.2 Å². The molecule has 0 fully saturated rings. The molecule has 1 aromatic heterocycles. The minimum absolute atomic E-state index is 0.0954. The molecular formula is C28H34F3N7O4S. The topological polar surface area (TPSA) is 141 Å². The van der Waals surface area contributed by atoms with Gasteiger partial charge in [-0.3, -0.25) is 14.8 Å². The van der Waals surface area contributed by atoms with Crippen molar-refractivity contribution >= 4 is 52.6 Å². The molecule has 15 heteroatoms. The molecule has 0 aliphatic heterocycles. The van der Waals surface area contributed by atoms with Crippen molar-refractivity contribution in [1.82, 2.24) is 20.8 Å². The summed E-state index contributed by atoms with van der Waals surface area (Å²) >= 11 is 1.40. The van der Waals surface area contributed by atoms with Crippen LogP contribution in [-0.2, 0) is 11.0 Å². The molecule has 3 aromatic rings. The summed E-state index contributed by atoms with van der Waals surface area (Å²) < 4.78 is 48.7. The first-order valence-electron chi connectivity index (χ1n) is 13.3. The molecule has 3 rings (SSSR count). The summed E-state index contributed by atoms with van der Waals surface area (Å²) in [5, 5.41) is 17.0. The van der Waals surface area contributed by atoms with E-state index in [9.17, 15) is 22.8 Å². The second-order valence-corrected chi connectivity index (χ2v) is 10.2. The van der Waals surface area contributed by atoms with Crippen molar-refractivity contribution in [3.8, 4) is 5.75 Å². The van der Waals surface area contributed by atoms with Crippen LogP contribution in [0.1, 0.15) is 48.0 Å². The number of carbonyl (C=O) groups excluding carboxylic acids is 2. The van der Waals surface area contributed by atoms with Crippen LogP contribution >= 0.6 is 11.9 Å². The van der Waals surface area contributed by atoms with Gasteiger partial charge < -0.3 is 25.0 Å². The smallest absolute Gasteiger partial charge is 0.421 e. The van der Waals surface area contributed by atoms with Crippen molar-refractivity contribution in [2.75, 3.05) is 41.9 Å². The van der Waals surface area contributed by atoms with E-state index >= 15 is 0 Å². The number of benzene rings is 2. The monoisotopic (exact) mass is 621 g/mol. The lowest BCUT2D eigenvalue weighted by atomic mass is 10.1. The number of hydrogen-bond donors (Lipinski definition) is 5. The van der Waals surface area contributed by atoms with Gasteiger partial charge in [-0.05, 0) is 37.1 Å². The number of nitrogens with zero attached hydrogens (tertiary/aromatic N) is 3. The van der Waals surface area contributed by atoms with Gasteiger partial charge in [0.1, 0.15) is 17.1 Å². The van der Waals surface area contributed by atoms with Gasteiger partial charge in [0.15, 0.2) is 0 Å². The number of anilines is 5. The molecule has 0 saturated heterocycles. The molecule has 0 spiro atoms. The second-order valence-electron chi connectivity index (χ2n) is 9.27. The van der Waals surface area contributed by atoms with E-state index < -0.39 is 23.5 Å². The Morgan fingerprint density at radius 3 is 2.51 bits per heavy atom. The Bertz CT molecular complexity index is 1390. The zero-order chi connectivity index (χ0) is 31.4. The van der Waals surface area contributed by atoms with Crippen LogP contribution in [0.2, 0.25) is 0 Å². The lowest BCUT2D eigenvalue weighted by molar-refractivity contribution is -0.137. The molecule has 1 heterocycles. The highest BCUT2D eigenvalue weighted by Gasteiger charge is 2.35.